The maximum atomic E-state index is 10.4. The molecule has 5 nitrogen and oxygen atoms in total. The van der Waals surface area contributed by atoms with Crippen molar-refractivity contribution in [3.8, 4) is 5.75 Å². The quantitative estimate of drug-likeness (QED) is 0.259. The third kappa shape index (κ3) is 4.57. The second-order valence-electron chi connectivity index (χ2n) is 6.84. The molecule has 1 heterocycles. The number of benzene rings is 3. The molecule has 152 valence electrons. The fraction of sp³-hybridized carbons (Fsp3) is 0.174. The van der Waals surface area contributed by atoms with Gasteiger partial charge in [-0.25, -0.2) is 0 Å². The first-order valence-electron chi connectivity index (χ1n) is 9.72. The van der Waals surface area contributed by atoms with Gasteiger partial charge in [-0.2, -0.15) is 9.78 Å². The molecule has 30 heavy (non-hydrogen) atoms. The zero-order valence-electron chi connectivity index (χ0n) is 16.5. The predicted molar refractivity (Wildman–Crippen MR) is 126 cm³/mol. The van der Waals surface area contributed by atoms with Crippen molar-refractivity contribution in [2.75, 3.05) is 0 Å². The summed E-state index contributed by atoms with van der Waals surface area (Å²) in [5.74, 6) is 1.78. The third-order valence-electron chi connectivity index (χ3n) is 4.68. The van der Waals surface area contributed by atoms with Gasteiger partial charge in [0.15, 0.2) is 5.82 Å². The van der Waals surface area contributed by atoms with E-state index in [9.17, 15) is 5.11 Å². The largest absolute Gasteiger partial charge is 0.507 e. The normalized spacial score (nSPS) is 11.5. The van der Waals surface area contributed by atoms with E-state index in [1.54, 1.807) is 28.7 Å². The Labute approximate surface area is 188 Å². The van der Waals surface area contributed by atoms with Gasteiger partial charge in [0.2, 0.25) is 5.16 Å². The number of fused-ring (bicyclic) bond motifs is 1. The van der Waals surface area contributed by atoms with E-state index in [0.29, 0.717) is 5.56 Å². The zero-order valence-corrected chi connectivity index (χ0v) is 18.9. The number of rotatable bonds is 7. The Hall–Kier alpha value is -2.64. The van der Waals surface area contributed by atoms with Crippen LogP contribution in [-0.4, -0.2) is 26.2 Å². The Bertz CT molecular complexity index is 1190. The minimum absolute atomic E-state index is 0.201. The van der Waals surface area contributed by atoms with Crippen LogP contribution in [0.15, 0.2) is 75.4 Å². The second kappa shape index (κ2) is 9.45. The van der Waals surface area contributed by atoms with Crippen LogP contribution in [0.3, 0.4) is 0 Å². The summed E-state index contributed by atoms with van der Waals surface area (Å²) >= 11 is 5.06. The lowest BCUT2D eigenvalue weighted by atomic mass is 10.0. The van der Waals surface area contributed by atoms with Crippen LogP contribution in [0.25, 0.3) is 10.8 Å². The smallest absolute Gasteiger partial charge is 0.212 e. The molecule has 7 heteroatoms. The molecular formula is C23H21BrN4OS. The minimum atomic E-state index is 0.201. The van der Waals surface area contributed by atoms with Crippen LogP contribution in [0.4, 0.5) is 0 Å². The van der Waals surface area contributed by atoms with Crippen molar-refractivity contribution in [1.29, 1.82) is 0 Å². The highest BCUT2D eigenvalue weighted by Gasteiger charge is 2.12. The molecule has 0 aliphatic heterocycles. The molecule has 1 aromatic heterocycles. The summed E-state index contributed by atoms with van der Waals surface area (Å²) in [6, 6.07) is 19.8. The SMILES string of the molecule is CCCc1nnc(SCc2ccc(Br)cc2)n1/N=C/c1c(O)ccc2ccccc12. The van der Waals surface area contributed by atoms with Crippen LogP contribution in [0.5, 0.6) is 5.75 Å². The molecule has 0 saturated heterocycles. The third-order valence-corrected chi connectivity index (χ3v) is 6.20. The number of hydrogen-bond donors (Lipinski definition) is 1. The number of aromatic nitrogens is 3. The lowest BCUT2D eigenvalue weighted by Crippen LogP contribution is -2.00. The van der Waals surface area contributed by atoms with Crippen LogP contribution in [0, 0.1) is 0 Å². The molecule has 0 atom stereocenters. The standard InChI is InChI=1S/C23H21BrN4OS/c1-2-5-22-26-27-23(30-15-16-8-11-18(24)12-9-16)28(22)25-14-20-19-7-4-3-6-17(19)10-13-21(20)29/h3-4,6-14,29H,2,5,15H2,1H3/b25-14+. The lowest BCUT2D eigenvalue weighted by molar-refractivity contribution is 0.475. The molecule has 4 aromatic rings. The van der Waals surface area contributed by atoms with Gasteiger partial charge in [0.1, 0.15) is 5.75 Å². The van der Waals surface area contributed by atoms with Crippen molar-refractivity contribution in [3.63, 3.8) is 0 Å². The van der Waals surface area contributed by atoms with E-state index >= 15 is 0 Å². The van der Waals surface area contributed by atoms with E-state index in [2.05, 4.69) is 50.3 Å². The summed E-state index contributed by atoms with van der Waals surface area (Å²) in [5, 5.41) is 26.5. The highest BCUT2D eigenvalue weighted by Crippen LogP contribution is 2.27. The van der Waals surface area contributed by atoms with Crippen molar-refractivity contribution in [2.24, 2.45) is 5.10 Å². The summed E-state index contributed by atoms with van der Waals surface area (Å²) in [7, 11) is 0. The zero-order chi connectivity index (χ0) is 20.9. The summed E-state index contributed by atoms with van der Waals surface area (Å²) in [6.07, 6.45) is 3.43. The van der Waals surface area contributed by atoms with Gasteiger partial charge in [-0.1, -0.05) is 77.1 Å². The first-order chi connectivity index (χ1) is 14.7. The van der Waals surface area contributed by atoms with Gasteiger partial charge in [-0.15, -0.1) is 10.2 Å². The molecule has 0 spiro atoms. The van der Waals surface area contributed by atoms with Crippen molar-refractivity contribution in [1.82, 2.24) is 14.9 Å². The number of thioether (sulfide) groups is 1. The molecule has 0 saturated carbocycles. The number of phenols is 1. The number of nitrogens with zero attached hydrogens (tertiary/aromatic N) is 4. The lowest BCUT2D eigenvalue weighted by Gasteiger charge is -2.07. The molecule has 0 aliphatic carbocycles. The first-order valence-corrected chi connectivity index (χ1v) is 11.5. The van der Waals surface area contributed by atoms with Crippen LogP contribution >= 0.6 is 27.7 Å². The van der Waals surface area contributed by atoms with Gasteiger partial charge in [-0.05, 0) is 41.0 Å². The van der Waals surface area contributed by atoms with Gasteiger partial charge < -0.3 is 5.11 Å². The van der Waals surface area contributed by atoms with Crippen LogP contribution in [0.2, 0.25) is 0 Å². The number of halogens is 1. The van der Waals surface area contributed by atoms with Crippen LogP contribution in [0.1, 0.15) is 30.3 Å². The average molecular weight is 481 g/mol. The second-order valence-corrected chi connectivity index (χ2v) is 8.70. The highest BCUT2D eigenvalue weighted by molar-refractivity contribution is 9.10. The Kier molecular flexibility index (Phi) is 6.50. The molecule has 0 fully saturated rings. The van der Waals surface area contributed by atoms with Gasteiger partial charge in [0.25, 0.3) is 0 Å². The van der Waals surface area contributed by atoms with E-state index in [1.165, 1.54) is 5.56 Å². The predicted octanol–water partition coefficient (Wildman–Crippen LogP) is 6.03. The van der Waals surface area contributed by atoms with Gasteiger partial charge in [0.05, 0.1) is 6.21 Å². The summed E-state index contributed by atoms with van der Waals surface area (Å²) in [4.78, 5) is 0. The molecule has 0 amide bonds. The Morgan fingerprint density at radius 1 is 1.07 bits per heavy atom. The number of aromatic hydroxyl groups is 1. The van der Waals surface area contributed by atoms with Crippen molar-refractivity contribution < 1.29 is 5.11 Å². The fourth-order valence-electron chi connectivity index (χ4n) is 3.14. The van der Waals surface area contributed by atoms with Crippen LogP contribution in [-0.2, 0) is 12.2 Å². The molecule has 0 bridgehead atoms. The summed E-state index contributed by atoms with van der Waals surface area (Å²) in [6.45, 7) is 2.11. The first kappa shape index (κ1) is 20.6. The Morgan fingerprint density at radius 3 is 2.67 bits per heavy atom. The maximum absolute atomic E-state index is 10.4. The molecule has 0 aliphatic rings. The van der Waals surface area contributed by atoms with Crippen LogP contribution < -0.4 is 0 Å². The fourth-order valence-corrected chi connectivity index (χ4v) is 4.27. The number of hydrogen-bond acceptors (Lipinski definition) is 5. The highest BCUT2D eigenvalue weighted by atomic mass is 79.9. The molecule has 4 rings (SSSR count). The van der Waals surface area contributed by atoms with Crippen molar-refractivity contribution in [2.45, 2.75) is 30.7 Å². The van der Waals surface area contributed by atoms with Crippen molar-refractivity contribution in [3.05, 3.63) is 82.1 Å². The van der Waals surface area contributed by atoms with E-state index in [1.807, 2.05) is 42.5 Å². The van der Waals surface area contributed by atoms with Gasteiger partial charge in [-0.3, -0.25) is 0 Å². The summed E-state index contributed by atoms with van der Waals surface area (Å²) < 4.78 is 2.85. The molecule has 0 radical (unpaired) electrons. The Balaban J connectivity index is 1.65. The number of aryl methyl sites for hydroxylation is 1. The maximum Gasteiger partial charge on any atom is 0.212 e. The molecular weight excluding hydrogens is 460 g/mol. The van der Waals surface area contributed by atoms with E-state index in [4.69, 9.17) is 0 Å². The Morgan fingerprint density at radius 2 is 1.87 bits per heavy atom. The topological polar surface area (TPSA) is 63.3 Å². The summed E-state index contributed by atoms with van der Waals surface area (Å²) in [5.41, 5.74) is 1.89. The van der Waals surface area contributed by atoms with E-state index in [0.717, 1.165) is 44.8 Å². The van der Waals surface area contributed by atoms with E-state index < -0.39 is 0 Å². The molecule has 0 unspecified atom stereocenters. The monoisotopic (exact) mass is 480 g/mol. The number of phenolic OH excluding ortho intramolecular Hbond substituents is 1. The minimum Gasteiger partial charge on any atom is -0.507 e. The average Bonchev–Trinajstić information content (AvgIpc) is 3.14. The molecule has 1 N–H and O–H groups in total. The van der Waals surface area contributed by atoms with Gasteiger partial charge in [0, 0.05) is 22.2 Å². The van der Waals surface area contributed by atoms with Crippen molar-refractivity contribution >= 4 is 44.7 Å². The van der Waals surface area contributed by atoms with Gasteiger partial charge >= 0.3 is 0 Å². The van der Waals surface area contributed by atoms with E-state index in [-0.39, 0.29) is 5.75 Å². The molecule has 3 aromatic carbocycles.